The Balaban J connectivity index is 1.32. The first-order valence-corrected chi connectivity index (χ1v) is 12.2. The summed E-state index contributed by atoms with van der Waals surface area (Å²) < 4.78 is 0. The lowest BCUT2D eigenvalue weighted by Crippen LogP contribution is -2.41. The van der Waals surface area contributed by atoms with Crippen LogP contribution in [0.1, 0.15) is 63.7 Å². The van der Waals surface area contributed by atoms with Gasteiger partial charge in [-0.15, -0.1) is 0 Å². The standard InChI is InChI=1S/C27H30N6O2/c28-25-24(27(35)31-20-9-3-4-13-29-15-20)32-23(16-30-25)18-7-5-8-19(14-18)26(34)33-22-12-11-17-6-1-2-10-21(17)22/h1-2,5-8,10,14,16,20,22,29H,3-4,9,11-13,15H2,(H2,28,30)(H,31,35)(H,33,34)/t20-,22?/m0/s1. The van der Waals surface area contributed by atoms with E-state index in [1.807, 2.05) is 24.3 Å². The molecule has 2 atom stereocenters. The van der Waals surface area contributed by atoms with Crippen LogP contribution >= 0.6 is 0 Å². The number of nitrogens with zero attached hydrogens (tertiary/aromatic N) is 2. The predicted octanol–water partition coefficient (Wildman–Crippen LogP) is 3.02. The maximum absolute atomic E-state index is 13.0. The minimum absolute atomic E-state index is 0.00690. The molecule has 2 aromatic carbocycles. The Morgan fingerprint density at radius 2 is 1.89 bits per heavy atom. The summed E-state index contributed by atoms with van der Waals surface area (Å²) in [6.45, 7) is 1.68. The van der Waals surface area contributed by atoms with Crippen molar-refractivity contribution in [1.29, 1.82) is 0 Å². The van der Waals surface area contributed by atoms with E-state index in [0.29, 0.717) is 16.8 Å². The third kappa shape index (κ3) is 5.17. The van der Waals surface area contributed by atoms with Crippen molar-refractivity contribution in [2.75, 3.05) is 18.8 Å². The van der Waals surface area contributed by atoms with E-state index in [2.05, 4.69) is 38.1 Å². The lowest BCUT2D eigenvalue weighted by molar-refractivity contribution is 0.0925. The molecule has 2 heterocycles. The number of carbonyl (C=O) groups is 2. The SMILES string of the molecule is Nc1ncc(-c2cccc(C(=O)NC3CCc4ccccc43)c2)nc1C(=O)N[C@H]1CCCCNC1. The van der Waals surface area contributed by atoms with E-state index >= 15 is 0 Å². The average molecular weight is 471 g/mol. The van der Waals surface area contributed by atoms with E-state index in [0.717, 1.165) is 45.2 Å². The Hall–Kier alpha value is -3.78. The topological polar surface area (TPSA) is 122 Å². The van der Waals surface area contributed by atoms with Crippen LogP contribution in [0, 0.1) is 0 Å². The van der Waals surface area contributed by atoms with Gasteiger partial charge < -0.3 is 21.7 Å². The van der Waals surface area contributed by atoms with Gasteiger partial charge in [-0.1, -0.05) is 42.8 Å². The highest BCUT2D eigenvalue weighted by Crippen LogP contribution is 2.31. The molecule has 2 aliphatic rings. The van der Waals surface area contributed by atoms with Crippen LogP contribution in [0.25, 0.3) is 11.3 Å². The second kappa shape index (κ2) is 10.2. The summed E-state index contributed by atoms with van der Waals surface area (Å²) in [5.41, 5.74) is 10.3. The van der Waals surface area contributed by atoms with Crippen molar-refractivity contribution in [3.63, 3.8) is 0 Å². The molecule has 1 aliphatic carbocycles. The molecular weight excluding hydrogens is 440 g/mol. The van der Waals surface area contributed by atoms with E-state index in [4.69, 9.17) is 5.73 Å². The van der Waals surface area contributed by atoms with E-state index in [1.165, 1.54) is 17.3 Å². The van der Waals surface area contributed by atoms with Crippen LogP contribution in [0.4, 0.5) is 5.82 Å². The van der Waals surface area contributed by atoms with Gasteiger partial charge in [-0.25, -0.2) is 9.97 Å². The Bertz CT molecular complexity index is 1240. The van der Waals surface area contributed by atoms with Crippen LogP contribution in [0.5, 0.6) is 0 Å². The van der Waals surface area contributed by atoms with Gasteiger partial charge in [0.25, 0.3) is 11.8 Å². The van der Waals surface area contributed by atoms with Crippen molar-refractivity contribution in [3.05, 3.63) is 77.1 Å². The summed E-state index contributed by atoms with van der Waals surface area (Å²) >= 11 is 0. The first-order valence-electron chi connectivity index (χ1n) is 12.2. The highest BCUT2D eigenvalue weighted by Gasteiger charge is 2.24. The van der Waals surface area contributed by atoms with Crippen molar-refractivity contribution in [2.45, 2.75) is 44.2 Å². The smallest absolute Gasteiger partial charge is 0.274 e. The summed E-state index contributed by atoms with van der Waals surface area (Å²) in [7, 11) is 0. The lowest BCUT2D eigenvalue weighted by Gasteiger charge is -2.17. The third-order valence-electron chi connectivity index (χ3n) is 6.76. The van der Waals surface area contributed by atoms with Crippen LogP contribution in [0.2, 0.25) is 0 Å². The molecule has 8 heteroatoms. The molecule has 1 aromatic heterocycles. The largest absolute Gasteiger partial charge is 0.382 e. The van der Waals surface area contributed by atoms with E-state index in [1.54, 1.807) is 12.1 Å². The van der Waals surface area contributed by atoms with Gasteiger partial charge >= 0.3 is 0 Å². The monoisotopic (exact) mass is 470 g/mol. The molecule has 1 saturated heterocycles. The van der Waals surface area contributed by atoms with Gasteiger partial charge in [0, 0.05) is 23.7 Å². The lowest BCUT2D eigenvalue weighted by atomic mass is 10.1. The zero-order valence-electron chi connectivity index (χ0n) is 19.6. The summed E-state index contributed by atoms with van der Waals surface area (Å²) in [6.07, 6.45) is 6.45. The number of hydrogen-bond donors (Lipinski definition) is 4. The van der Waals surface area contributed by atoms with E-state index < -0.39 is 0 Å². The molecule has 2 amide bonds. The molecule has 5 rings (SSSR count). The number of aromatic nitrogens is 2. The van der Waals surface area contributed by atoms with Crippen molar-refractivity contribution in [1.82, 2.24) is 25.9 Å². The highest BCUT2D eigenvalue weighted by molar-refractivity contribution is 5.97. The zero-order chi connectivity index (χ0) is 24.2. The summed E-state index contributed by atoms with van der Waals surface area (Å²) in [5, 5.41) is 9.51. The second-order valence-electron chi connectivity index (χ2n) is 9.20. The fraction of sp³-hybridized carbons (Fsp3) is 0.333. The van der Waals surface area contributed by atoms with Crippen LogP contribution in [-0.2, 0) is 6.42 Å². The molecular formula is C27H30N6O2. The van der Waals surface area contributed by atoms with Gasteiger partial charge in [-0.05, 0) is 55.5 Å². The first kappa shape index (κ1) is 23.0. The molecule has 0 bridgehead atoms. The van der Waals surface area contributed by atoms with E-state index in [-0.39, 0.29) is 35.4 Å². The predicted molar refractivity (Wildman–Crippen MR) is 135 cm³/mol. The molecule has 1 aliphatic heterocycles. The first-order chi connectivity index (χ1) is 17.1. The maximum atomic E-state index is 13.0. The van der Waals surface area contributed by atoms with Crippen molar-refractivity contribution < 1.29 is 9.59 Å². The van der Waals surface area contributed by atoms with Crippen LogP contribution in [0.15, 0.2) is 54.7 Å². The minimum Gasteiger partial charge on any atom is -0.382 e. The normalized spacial score (nSPS) is 19.4. The number of aryl methyl sites for hydroxylation is 1. The number of nitrogens with one attached hydrogen (secondary N) is 3. The Morgan fingerprint density at radius 3 is 2.80 bits per heavy atom. The number of benzene rings is 2. The molecule has 180 valence electrons. The maximum Gasteiger partial charge on any atom is 0.274 e. The average Bonchev–Trinajstić information content (AvgIpc) is 3.10. The van der Waals surface area contributed by atoms with Gasteiger partial charge in [0.15, 0.2) is 11.5 Å². The number of amides is 2. The molecule has 35 heavy (non-hydrogen) atoms. The van der Waals surface area contributed by atoms with Crippen molar-refractivity contribution >= 4 is 17.6 Å². The Kier molecular flexibility index (Phi) is 6.72. The Morgan fingerprint density at radius 1 is 1.00 bits per heavy atom. The van der Waals surface area contributed by atoms with Gasteiger partial charge in [0.1, 0.15) is 0 Å². The third-order valence-corrected chi connectivity index (χ3v) is 6.76. The van der Waals surface area contributed by atoms with Gasteiger partial charge in [0.05, 0.1) is 17.9 Å². The molecule has 0 spiro atoms. The van der Waals surface area contributed by atoms with Crippen molar-refractivity contribution in [2.24, 2.45) is 0 Å². The summed E-state index contributed by atoms with van der Waals surface area (Å²) in [4.78, 5) is 34.7. The number of nitrogens with two attached hydrogens (primary N) is 1. The summed E-state index contributed by atoms with van der Waals surface area (Å²) in [5.74, 6) is -0.392. The highest BCUT2D eigenvalue weighted by atomic mass is 16.2. The molecule has 1 fully saturated rings. The second-order valence-corrected chi connectivity index (χ2v) is 9.20. The zero-order valence-corrected chi connectivity index (χ0v) is 19.6. The fourth-order valence-corrected chi connectivity index (χ4v) is 4.87. The van der Waals surface area contributed by atoms with Crippen LogP contribution < -0.4 is 21.7 Å². The molecule has 3 aromatic rings. The van der Waals surface area contributed by atoms with Gasteiger partial charge in [-0.3, -0.25) is 9.59 Å². The molecule has 1 unspecified atom stereocenters. The van der Waals surface area contributed by atoms with Gasteiger partial charge in [-0.2, -0.15) is 0 Å². The molecule has 0 saturated carbocycles. The minimum atomic E-state index is -0.334. The summed E-state index contributed by atoms with van der Waals surface area (Å²) in [6, 6.07) is 15.5. The number of hydrogen-bond acceptors (Lipinski definition) is 6. The van der Waals surface area contributed by atoms with Gasteiger partial charge in [0.2, 0.25) is 0 Å². The number of fused-ring (bicyclic) bond motifs is 1. The molecule has 8 nitrogen and oxygen atoms in total. The van der Waals surface area contributed by atoms with Crippen LogP contribution in [0.3, 0.4) is 0 Å². The number of rotatable bonds is 5. The Labute approximate surface area is 204 Å². The molecule has 0 radical (unpaired) electrons. The number of carbonyl (C=O) groups excluding carboxylic acids is 2. The number of anilines is 1. The molecule has 5 N–H and O–H groups in total. The van der Waals surface area contributed by atoms with E-state index in [9.17, 15) is 9.59 Å². The quantitative estimate of drug-likeness (QED) is 0.455. The number of nitrogen functional groups attached to an aromatic ring is 1. The fourth-order valence-electron chi connectivity index (χ4n) is 4.87. The van der Waals surface area contributed by atoms with Crippen LogP contribution in [-0.4, -0.2) is 40.9 Å². The van der Waals surface area contributed by atoms with Crippen molar-refractivity contribution in [3.8, 4) is 11.3 Å².